The zero-order valence-corrected chi connectivity index (χ0v) is 9.98. The average molecular weight is 324 g/mol. The van der Waals surface area contributed by atoms with Crippen LogP contribution in [0.15, 0.2) is 0 Å². The molecule has 0 unspecified atom stereocenters. The molecule has 0 atom stereocenters. The molecule has 0 aliphatic heterocycles. The Morgan fingerprint density at radius 1 is 1.43 bits per heavy atom. The molecule has 3 nitrogen and oxygen atoms in total. The summed E-state index contributed by atoms with van der Waals surface area (Å²) in [7, 11) is -3.92. The Bertz CT molecular complexity index is 98.1. The van der Waals surface area contributed by atoms with E-state index in [4.69, 9.17) is 13.0 Å². The summed E-state index contributed by atoms with van der Waals surface area (Å²) in [6.07, 6.45) is 0.604. The van der Waals surface area contributed by atoms with Crippen LogP contribution in [-0.4, -0.2) is 43.1 Å². The fourth-order valence-corrected chi connectivity index (χ4v) is 0. The summed E-state index contributed by atoms with van der Waals surface area (Å²) in [5, 5.41) is 0. The van der Waals surface area contributed by atoms with Gasteiger partial charge in [0.25, 0.3) is 0 Å². The summed E-state index contributed by atoms with van der Waals surface area (Å²) in [6, 6.07) is 0. The first-order valence-electron chi connectivity index (χ1n) is 0.908. The van der Waals surface area contributed by atoms with Crippen LogP contribution in [0.5, 0.6) is 0 Å². The van der Waals surface area contributed by atoms with Crippen LogP contribution in [0, 0.1) is 0 Å². The second-order valence-electron chi connectivity index (χ2n) is 0.704. The first kappa shape index (κ1) is 15.8. The van der Waals surface area contributed by atoms with Crippen LogP contribution in [0.25, 0.3) is 0 Å². The summed E-state index contributed by atoms with van der Waals surface area (Å²) >= 11 is 0. The van der Waals surface area contributed by atoms with Gasteiger partial charge in [-0.2, -0.15) is 0 Å². The minimum absolute atomic E-state index is 0. The van der Waals surface area contributed by atoms with Gasteiger partial charge < -0.3 is 4.55 Å². The van der Waals surface area contributed by atoms with Crippen LogP contribution in [0.1, 0.15) is 0 Å². The molecule has 6 heteroatoms. The predicted molar refractivity (Wildman–Crippen MR) is 24.2 cm³/mol. The molecule has 0 fully saturated rings. The van der Waals surface area contributed by atoms with E-state index in [2.05, 4.69) is 0 Å². The maximum atomic E-state index is 9.08. The molecule has 0 saturated heterocycles. The van der Waals surface area contributed by atoms with Crippen molar-refractivity contribution in [1.29, 1.82) is 0 Å². The minimum atomic E-state index is -3.92. The SMILES string of the molecule is CS(=O)(=O)[O-].[Ag+].[SnH2]. The number of hydrogen-bond donors (Lipinski definition) is 0. The Morgan fingerprint density at radius 3 is 1.43 bits per heavy atom. The van der Waals surface area contributed by atoms with E-state index < -0.39 is 10.1 Å². The zero-order chi connectivity index (χ0) is 4.50. The summed E-state index contributed by atoms with van der Waals surface area (Å²) in [5.74, 6) is 0. The standard InChI is InChI=1S/CH4O3S.Ag.Sn.2H/c1-5(2,3)4;;;;/h1H3,(H,2,3,4);;;;/q;+1;;;/p-1. The quantitative estimate of drug-likeness (QED) is 0.392. The van der Waals surface area contributed by atoms with Gasteiger partial charge in [0.15, 0.2) is 0 Å². The first-order valence-corrected chi connectivity index (χ1v) is 2.72. The van der Waals surface area contributed by atoms with Gasteiger partial charge in [-0.1, -0.05) is 0 Å². The third kappa shape index (κ3) is 105. The van der Waals surface area contributed by atoms with Crippen molar-refractivity contribution in [3.8, 4) is 0 Å². The van der Waals surface area contributed by atoms with Crippen LogP contribution < -0.4 is 0 Å². The molecule has 0 bridgehead atoms. The molecule has 0 saturated carbocycles. The Morgan fingerprint density at radius 2 is 1.43 bits per heavy atom. The Labute approximate surface area is 75.1 Å². The summed E-state index contributed by atoms with van der Waals surface area (Å²) in [4.78, 5) is 0. The number of hydrogen-bond acceptors (Lipinski definition) is 3. The van der Waals surface area contributed by atoms with E-state index in [0.29, 0.717) is 6.26 Å². The molecular formula is CH5AgO3SSn. The van der Waals surface area contributed by atoms with E-state index in [9.17, 15) is 0 Å². The van der Waals surface area contributed by atoms with Gasteiger partial charge in [0, 0.05) is 6.26 Å². The summed E-state index contributed by atoms with van der Waals surface area (Å²) in [6.45, 7) is 0. The molecular weight excluding hydrogens is 319 g/mol. The second-order valence-corrected chi connectivity index (χ2v) is 2.11. The Kier molecular flexibility index (Phi) is 12.6. The van der Waals surface area contributed by atoms with Gasteiger partial charge in [-0.25, -0.2) is 8.42 Å². The van der Waals surface area contributed by atoms with Crippen molar-refractivity contribution < 1.29 is 35.4 Å². The van der Waals surface area contributed by atoms with Crippen molar-refractivity contribution in [2.75, 3.05) is 6.26 Å². The van der Waals surface area contributed by atoms with Crippen molar-refractivity contribution in [2.45, 2.75) is 0 Å². The Hall–Kier alpha value is 1.45. The summed E-state index contributed by atoms with van der Waals surface area (Å²) < 4.78 is 27.2. The van der Waals surface area contributed by atoms with E-state index in [1.165, 1.54) is 0 Å². The third-order valence-corrected chi connectivity index (χ3v) is 0. The van der Waals surface area contributed by atoms with E-state index in [1.807, 2.05) is 0 Å². The third-order valence-electron chi connectivity index (χ3n) is 0. The van der Waals surface area contributed by atoms with Gasteiger partial charge in [0.1, 0.15) is 0 Å². The number of rotatable bonds is 0. The molecule has 7 heavy (non-hydrogen) atoms. The second kappa shape index (κ2) is 5.58. The van der Waals surface area contributed by atoms with Gasteiger partial charge >= 0.3 is 46.3 Å². The van der Waals surface area contributed by atoms with E-state index in [0.717, 1.165) is 0 Å². The molecule has 0 aromatic rings. The molecule has 48 valence electrons. The molecule has 0 spiro atoms. The van der Waals surface area contributed by atoms with Gasteiger partial charge in [-0.05, 0) is 0 Å². The predicted octanol–water partition coefficient (Wildman–Crippen LogP) is -1.76. The van der Waals surface area contributed by atoms with Crippen molar-refractivity contribution in [1.82, 2.24) is 0 Å². The molecule has 0 aromatic carbocycles. The molecule has 0 aliphatic carbocycles. The molecule has 0 aromatic heterocycles. The average Bonchev–Trinajstić information content (AvgIpc) is 0.722. The van der Waals surface area contributed by atoms with Crippen LogP contribution >= 0.6 is 0 Å². The molecule has 0 aliphatic rings. The van der Waals surface area contributed by atoms with Crippen LogP contribution in [-0.2, 0) is 32.5 Å². The van der Waals surface area contributed by atoms with Crippen molar-refractivity contribution in [2.24, 2.45) is 0 Å². The fraction of sp³-hybridized carbons (Fsp3) is 1.00. The fourth-order valence-electron chi connectivity index (χ4n) is 0. The maximum absolute atomic E-state index is 9.08. The van der Waals surface area contributed by atoms with Crippen molar-refractivity contribution in [3.63, 3.8) is 0 Å². The van der Waals surface area contributed by atoms with E-state index in [1.54, 1.807) is 0 Å². The van der Waals surface area contributed by atoms with Gasteiger partial charge in [0.05, 0.1) is 10.1 Å². The molecule has 2 radical (unpaired) electrons. The van der Waals surface area contributed by atoms with E-state index in [-0.39, 0.29) is 46.3 Å². The molecule has 0 rings (SSSR count). The monoisotopic (exact) mass is 324 g/mol. The molecule has 0 amide bonds. The van der Waals surface area contributed by atoms with Gasteiger partial charge in [-0.15, -0.1) is 0 Å². The Balaban J connectivity index is -0.0000000800. The van der Waals surface area contributed by atoms with E-state index >= 15 is 0 Å². The van der Waals surface area contributed by atoms with Crippen LogP contribution in [0.2, 0.25) is 0 Å². The zero-order valence-electron chi connectivity index (χ0n) is 3.64. The summed E-state index contributed by atoms with van der Waals surface area (Å²) in [5.41, 5.74) is 0. The van der Waals surface area contributed by atoms with Gasteiger partial charge in [-0.3, -0.25) is 0 Å². The van der Waals surface area contributed by atoms with Crippen molar-refractivity contribution >= 4 is 34.0 Å². The first-order chi connectivity index (χ1) is 2.00. The normalized spacial score (nSPS) is 8.29. The molecule has 0 N–H and O–H groups in total. The van der Waals surface area contributed by atoms with Crippen molar-refractivity contribution in [3.05, 3.63) is 0 Å². The topological polar surface area (TPSA) is 57.2 Å². The van der Waals surface area contributed by atoms with Crippen LogP contribution in [0.3, 0.4) is 0 Å². The van der Waals surface area contributed by atoms with Crippen LogP contribution in [0.4, 0.5) is 0 Å². The molecule has 0 heterocycles. The van der Waals surface area contributed by atoms with Gasteiger partial charge in [0.2, 0.25) is 0 Å².